The summed E-state index contributed by atoms with van der Waals surface area (Å²) in [4.78, 5) is 15.3. The molecule has 2 amide bonds. The fourth-order valence-corrected chi connectivity index (χ4v) is 1.17. The summed E-state index contributed by atoms with van der Waals surface area (Å²) in [6.45, 7) is 0.409. The number of H-pyrrole nitrogens is 1. The van der Waals surface area contributed by atoms with E-state index in [1.165, 1.54) is 0 Å². The number of pyridine rings is 1. The first-order chi connectivity index (χ1) is 7.84. The van der Waals surface area contributed by atoms with E-state index in [-0.39, 0.29) is 6.03 Å². The first kappa shape index (κ1) is 10.2. The van der Waals surface area contributed by atoms with Gasteiger partial charge in [-0.2, -0.15) is 5.10 Å². The second-order valence-electron chi connectivity index (χ2n) is 3.13. The molecule has 2 rings (SSSR count). The van der Waals surface area contributed by atoms with Gasteiger partial charge in [0.05, 0.1) is 24.1 Å². The van der Waals surface area contributed by atoms with Gasteiger partial charge in [-0.15, -0.1) is 0 Å². The van der Waals surface area contributed by atoms with Crippen LogP contribution in [0.4, 0.5) is 10.5 Å². The van der Waals surface area contributed by atoms with E-state index >= 15 is 0 Å². The zero-order valence-corrected chi connectivity index (χ0v) is 8.47. The summed E-state index contributed by atoms with van der Waals surface area (Å²) in [7, 11) is 0. The van der Waals surface area contributed by atoms with Gasteiger partial charge in [-0.3, -0.25) is 10.1 Å². The van der Waals surface area contributed by atoms with E-state index in [2.05, 4.69) is 25.8 Å². The third-order valence-corrected chi connectivity index (χ3v) is 1.92. The number of hydrogen-bond donors (Lipinski definition) is 3. The van der Waals surface area contributed by atoms with Gasteiger partial charge in [0, 0.05) is 12.4 Å². The minimum absolute atomic E-state index is 0.275. The van der Waals surface area contributed by atoms with Crippen LogP contribution in [0.2, 0.25) is 0 Å². The largest absolute Gasteiger partial charge is 0.332 e. The van der Waals surface area contributed by atoms with Crippen LogP contribution in [0.5, 0.6) is 0 Å². The van der Waals surface area contributed by atoms with Crippen LogP contribution >= 0.6 is 0 Å². The molecule has 3 N–H and O–H groups in total. The predicted molar refractivity (Wildman–Crippen MR) is 58.7 cm³/mol. The highest BCUT2D eigenvalue weighted by Gasteiger charge is 2.01. The molecule has 0 aliphatic rings. The van der Waals surface area contributed by atoms with Gasteiger partial charge >= 0.3 is 6.03 Å². The first-order valence-corrected chi connectivity index (χ1v) is 4.78. The van der Waals surface area contributed by atoms with Crippen molar-refractivity contribution in [2.45, 2.75) is 6.54 Å². The van der Waals surface area contributed by atoms with Crippen molar-refractivity contribution in [2.75, 3.05) is 5.32 Å². The lowest BCUT2D eigenvalue weighted by Gasteiger charge is -2.05. The molecule has 0 fully saturated rings. The Labute approximate surface area is 92.1 Å². The summed E-state index contributed by atoms with van der Waals surface area (Å²) in [5, 5.41) is 11.9. The van der Waals surface area contributed by atoms with Crippen LogP contribution in [-0.4, -0.2) is 21.2 Å². The molecule has 2 aromatic rings. The summed E-state index contributed by atoms with van der Waals surface area (Å²) in [6, 6.07) is 5.04. The molecule has 2 heterocycles. The maximum Gasteiger partial charge on any atom is 0.319 e. The zero-order chi connectivity index (χ0) is 11.2. The average molecular weight is 217 g/mol. The van der Waals surface area contributed by atoms with Gasteiger partial charge in [0.1, 0.15) is 0 Å². The standard InChI is InChI=1S/C10H11N5O/c16-10(12-7-9-3-5-13-15-9)14-8-2-1-4-11-6-8/h1-6H,7H2,(H,13,15)(H2,12,14,16). The lowest BCUT2D eigenvalue weighted by molar-refractivity contribution is 0.251. The zero-order valence-electron chi connectivity index (χ0n) is 8.47. The maximum absolute atomic E-state index is 11.4. The van der Waals surface area contributed by atoms with E-state index < -0.39 is 0 Å². The van der Waals surface area contributed by atoms with E-state index in [9.17, 15) is 4.79 Å². The Hall–Kier alpha value is -2.37. The van der Waals surface area contributed by atoms with E-state index in [1.54, 1.807) is 36.8 Å². The number of carbonyl (C=O) groups is 1. The summed E-state index contributed by atoms with van der Waals surface area (Å²) < 4.78 is 0. The van der Waals surface area contributed by atoms with Crippen molar-refractivity contribution in [3.8, 4) is 0 Å². The van der Waals surface area contributed by atoms with Crippen molar-refractivity contribution in [3.05, 3.63) is 42.5 Å². The highest BCUT2D eigenvalue weighted by atomic mass is 16.2. The number of urea groups is 1. The normalized spacial score (nSPS) is 9.75. The number of amides is 2. The van der Waals surface area contributed by atoms with E-state index in [0.29, 0.717) is 12.2 Å². The minimum Gasteiger partial charge on any atom is -0.332 e. The molecular weight excluding hydrogens is 206 g/mol. The van der Waals surface area contributed by atoms with Crippen LogP contribution < -0.4 is 10.6 Å². The molecule has 0 aliphatic carbocycles. The number of carbonyl (C=O) groups excluding carboxylic acids is 1. The highest BCUT2D eigenvalue weighted by Crippen LogP contribution is 2.01. The van der Waals surface area contributed by atoms with Crippen molar-refractivity contribution >= 4 is 11.7 Å². The van der Waals surface area contributed by atoms with Crippen molar-refractivity contribution in [2.24, 2.45) is 0 Å². The smallest absolute Gasteiger partial charge is 0.319 e. The third kappa shape index (κ3) is 2.81. The molecule has 0 spiro atoms. The number of aromatic nitrogens is 3. The first-order valence-electron chi connectivity index (χ1n) is 4.78. The van der Waals surface area contributed by atoms with Crippen molar-refractivity contribution in [3.63, 3.8) is 0 Å². The molecule has 0 bridgehead atoms. The monoisotopic (exact) mass is 217 g/mol. The molecule has 0 aliphatic heterocycles. The number of nitrogens with one attached hydrogen (secondary N) is 3. The highest BCUT2D eigenvalue weighted by molar-refractivity contribution is 5.88. The number of rotatable bonds is 3. The lowest BCUT2D eigenvalue weighted by atomic mass is 10.4. The molecule has 0 aromatic carbocycles. The van der Waals surface area contributed by atoms with Crippen LogP contribution in [0.1, 0.15) is 5.69 Å². The Balaban J connectivity index is 1.81. The van der Waals surface area contributed by atoms with Crippen LogP contribution in [0.3, 0.4) is 0 Å². The second-order valence-corrected chi connectivity index (χ2v) is 3.13. The van der Waals surface area contributed by atoms with Crippen molar-refractivity contribution in [1.29, 1.82) is 0 Å². The molecule has 0 unspecified atom stereocenters. The quantitative estimate of drug-likeness (QED) is 0.720. The fraction of sp³-hybridized carbons (Fsp3) is 0.100. The Morgan fingerprint density at radius 3 is 3.00 bits per heavy atom. The Bertz CT molecular complexity index is 439. The number of nitrogens with zero attached hydrogens (tertiary/aromatic N) is 2. The number of anilines is 1. The van der Waals surface area contributed by atoms with Crippen LogP contribution in [-0.2, 0) is 6.54 Å². The van der Waals surface area contributed by atoms with Crippen molar-refractivity contribution < 1.29 is 4.79 Å². The van der Waals surface area contributed by atoms with Gasteiger partial charge in [-0.25, -0.2) is 4.79 Å². The molecule has 2 aromatic heterocycles. The van der Waals surface area contributed by atoms with Gasteiger partial charge < -0.3 is 10.6 Å². The molecule has 6 nitrogen and oxygen atoms in total. The minimum atomic E-state index is -0.275. The maximum atomic E-state index is 11.4. The van der Waals surface area contributed by atoms with Crippen LogP contribution in [0.25, 0.3) is 0 Å². The third-order valence-electron chi connectivity index (χ3n) is 1.92. The Morgan fingerprint density at radius 1 is 1.38 bits per heavy atom. The van der Waals surface area contributed by atoms with Crippen LogP contribution in [0, 0.1) is 0 Å². The van der Waals surface area contributed by atoms with E-state index in [4.69, 9.17) is 0 Å². The molecule has 16 heavy (non-hydrogen) atoms. The topological polar surface area (TPSA) is 82.7 Å². The number of aromatic amines is 1. The Morgan fingerprint density at radius 2 is 2.31 bits per heavy atom. The van der Waals surface area contributed by atoms with Gasteiger partial charge in [0.15, 0.2) is 0 Å². The predicted octanol–water partition coefficient (Wildman–Crippen LogP) is 1.13. The summed E-state index contributed by atoms with van der Waals surface area (Å²) in [6.07, 6.45) is 4.86. The van der Waals surface area contributed by atoms with Gasteiger partial charge in [0.2, 0.25) is 0 Å². The molecule has 6 heteroatoms. The number of hydrogen-bond acceptors (Lipinski definition) is 3. The van der Waals surface area contributed by atoms with Crippen LogP contribution in [0.15, 0.2) is 36.8 Å². The summed E-state index contributed by atoms with van der Waals surface area (Å²) in [5.74, 6) is 0. The van der Waals surface area contributed by atoms with Gasteiger partial charge in [-0.05, 0) is 18.2 Å². The molecule has 0 saturated carbocycles. The SMILES string of the molecule is O=C(NCc1ccn[nH]1)Nc1cccnc1. The van der Waals surface area contributed by atoms with E-state index in [1.807, 2.05) is 0 Å². The fourth-order valence-electron chi connectivity index (χ4n) is 1.17. The lowest BCUT2D eigenvalue weighted by Crippen LogP contribution is -2.28. The second kappa shape index (κ2) is 4.92. The van der Waals surface area contributed by atoms with Gasteiger partial charge in [-0.1, -0.05) is 0 Å². The molecule has 0 radical (unpaired) electrons. The van der Waals surface area contributed by atoms with E-state index in [0.717, 1.165) is 5.69 Å². The average Bonchev–Trinajstić information content (AvgIpc) is 2.81. The molecule has 82 valence electrons. The summed E-state index contributed by atoms with van der Waals surface area (Å²) >= 11 is 0. The molecule has 0 atom stereocenters. The summed E-state index contributed by atoms with van der Waals surface area (Å²) in [5.41, 5.74) is 1.51. The molecule has 0 saturated heterocycles. The van der Waals surface area contributed by atoms with Crippen molar-refractivity contribution in [1.82, 2.24) is 20.5 Å². The Kier molecular flexibility index (Phi) is 3.12. The molecular formula is C10H11N5O. The van der Waals surface area contributed by atoms with Gasteiger partial charge in [0.25, 0.3) is 0 Å².